The first-order valence-electron chi connectivity index (χ1n) is 8.35. The van der Waals surface area contributed by atoms with Crippen molar-refractivity contribution in [1.82, 2.24) is 34.8 Å². The van der Waals surface area contributed by atoms with Gasteiger partial charge in [0.1, 0.15) is 18.0 Å². The van der Waals surface area contributed by atoms with Crippen LogP contribution in [0.3, 0.4) is 0 Å². The first-order valence-corrected chi connectivity index (χ1v) is 8.35. The molecule has 0 atom stereocenters. The Kier molecular flexibility index (Phi) is 5.52. The van der Waals surface area contributed by atoms with E-state index in [1.54, 1.807) is 13.4 Å². The molecule has 130 valence electrons. The van der Waals surface area contributed by atoms with E-state index >= 15 is 0 Å². The molecule has 9 heteroatoms. The number of nitrogens with one attached hydrogen (secondary N) is 1. The van der Waals surface area contributed by atoms with Gasteiger partial charge in [-0.1, -0.05) is 6.42 Å². The summed E-state index contributed by atoms with van der Waals surface area (Å²) in [6, 6.07) is 0. The van der Waals surface area contributed by atoms with Gasteiger partial charge in [-0.05, 0) is 12.8 Å². The van der Waals surface area contributed by atoms with Gasteiger partial charge in [-0.3, -0.25) is 4.79 Å². The summed E-state index contributed by atoms with van der Waals surface area (Å²) in [4.78, 5) is 12.4. The van der Waals surface area contributed by atoms with E-state index in [0.717, 1.165) is 37.5 Å². The Hall–Kier alpha value is -2.29. The Bertz CT molecular complexity index is 679. The van der Waals surface area contributed by atoms with Gasteiger partial charge in [0.25, 0.3) is 5.91 Å². The van der Waals surface area contributed by atoms with E-state index in [9.17, 15) is 4.79 Å². The summed E-state index contributed by atoms with van der Waals surface area (Å²) < 4.78 is 8.94. The van der Waals surface area contributed by atoms with E-state index in [-0.39, 0.29) is 5.91 Å². The van der Waals surface area contributed by atoms with Crippen LogP contribution in [0, 0.1) is 0 Å². The highest BCUT2D eigenvalue weighted by atomic mass is 16.5. The fraction of sp³-hybridized carbons (Fsp3) is 0.667. The Morgan fingerprint density at radius 3 is 3.08 bits per heavy atom. The SMILES string of the molecule is COCCn1cnnc1CCNC(=O)c1nnc2n1CCCCC2. The second-order valence-electron chi connectivity index (χ2n) is 5.84. The van der Waals surface area contributed by atoms with E-state index in [1.807, 2.05) is 9.13 Å². The van der Waals surface area contributed by atoms with E-state index in [0.29, 0.717) is 31.9 Å². The first-order chi connectivity index (χ1) is 11.8. The molecule has 24 heavy (non-hydrogen) atoms. The molecule has 0 aliphatic carbocycles. The summed E-state index contributed by atoms with van der Waals surface area (Å²) in [5, 5.41) is 19.1. The van der Waals surface area contributed by atoms with Crippen LogP contribution in [-0.4, -0.2) is 55.7 Å². The quantitative estimate of drug-likeness (QED) is 0.778. The molecule has 9 nitrogen and oxygen atoms in total. The van der Waals surface area contributed by atoms with Crippen molar-refractivity contribution in [3.63, 3.8) is 0 Å². The van der Waals surface area contributed by atoms with Gasteiger partial charge in [0.2, 0.25) is 5.82 Å². The Balaban J connectivity index is 1.55. The van der Waals surface area contributed by atoms with Crippen LogP contribution in [0.4, 0.5) is 0 Å². The topological polar surface area (TPSA) is 99.8 Å². The van der Waals surface area contributed by atoms with Crippen molar-refractivity contribution in [1.29, 1.82) is 0 Å². The third-order valence-electron chi connectivity index (χ3n) is 4.18. The number of hydrogen-bond acceptors (Lipinski definition) is 6. The number of carbonyl (C=O) groups is 1. The maximum absolute atomic E-state index is 12.4. The number of hydrogen-bond donors (Lipinski definition) is 1. The Morgan fingerprint density at radius 1 is 1.29 bits per heavy atom. The number of aryl methyl sites for hydroxylation is 1. The van der Waals surface area contributed by atoms with Crippen molar-refractivity contribution < 1.29 is 9.53 Å². The number of nitrogens with zero attached hydrogens (tertiary/aromatic N) is 6. The zero-order chi connectivity index (χ0) is 16.8. The molecule has 2 aromatic heterocycles. The van der Waals surface area contributed by atoms with Gasteiger partial charge in [-0.15, -0.1) is 20.4 Å². The largest absolute Gasteiger partial charge is 0.383 e. The van der Waals surface area contributed by atoms with Gasteiger partial charge in [0.05, 0.1) is 6.61 Å². The van der Waals surface area contributed by atoms with Crippen LogP contribution in [0.1, 0.15) is 41.5 Å². The molecule has 0 radical (unpaired) electrons. The molecule has 3 heterocycles. The predicted octanol–water partition coefficient (Wildman–Crippen LogP) is 0.215. The lowest BCUT2D eigenvalue weighted by Gasteiger charge is -2.08. The molecule has 0 bridgehead atoms. The van der Waals surface area contributed by atoms with E-state index in [4.69, 9.17) is 4.74 Å². The summed E-state index contributed by atoms with van der Waals surface area (Å²) in [5.41, 5.74) is 0. The zero-order valence-corrected chi connectivity index (χ0v) is 13.9. The van der Waals surface area contributed by atoms with Crippen molar-refractivity contribution >= 4 is 5.91 Å². The smallest absolute Gasteiger partial charge is 0.289 e. The molecule has 0 saturated heterocycles. The van der Waals surface area contributed by atoms with Gasteiger partial charge in [0, 0.05) is 39.6 Å². The molecule has 0 unspecified atom stereocenters. The average molecular weight is 333 g/mol. The number of ether oxygens (including phenoxy) is 1. The van der Waals surface area contributed by atoms with Crippen LogP contribution in [0.25, 0.3) is 0 Å². The number of amides is 1. The van der Waals surface area contributed by atoms with E-state index in [2.05, 4.69) is 25.7 Å². The van der Waals surface area contributed by atoms with Crippen LogP contribution in [0.5, 0.6) is 0 Å². The Morgan fingerprint density at radius 2 is 2.21 bits per heavy atom. The molecule has 0 aromatic carbocycles. The highest BCUT2D eigenvalue weighted by Crippen LogP contribution is 2.14. The number of fused-ring (bicyclic) bond motifs is 1. The number of methoxy groups -OCH3 is 1. The fourth-order valence-electron chi connectivity index (χ4n) is 2.87. The number of carbonyl (C=O) groups excluding carboxylic acids is 1. The number of rotatable bonds is 7. The normalized spacial score (nSPS) is 14.2. The maximum atomic E-state index is 12.4. The van der Waals surface area contributed by atoms with Gasteiger partial charge in [-0.2, -0.15) is 0 Å². The molecule has 0 fully saturated rings. The standard InChI is InChI=1S/C15H23N7O2/c1-24-10-9-21-11-17-18-12(21)6-7-16-15(23)14-20-19-13-5-3-2-4-8-22(13)14/h11H,2-10H2,1H3,(H,16,23). The van der Waals surface area contributed by atoms with Crippen molar-refractivity contribution in [3.8, 4) is 0 Å². The van der Waals surface area contributed by atoms with Crippen LogP contribution in [0.15, 0.2) is 6.33 Å². The van der Waals surface area contributed by atoms with Crippen molar-refractivity contribution in [3.05, 3.63) is 23.8 Å². The van der Waals surface area contributed by atoms with Crippen molar-refractivity contribution in [2.45, 2.75) is 45.2 Å². The highest BCUT2D eigenvalue weighted by Gasteiger charge is 2.19. The molecule has 1 aliphatic heterocycles. The van der Waals surface area contributed by atoms with Gasteiger partial charge < -0.3 is 19.2 Å². The minimum Gasteiger partial charge on any atom is -0.383 e. The third kappa shape index (κ3) is 3.78. The lowest BCUT2D eigenvalue weighted by Crippen LogP contribution is -2.29. The predicted molar refractivity (Wildman–Crippen MR) is 85.5 cm³/mol. The maximum Gasteiger partial charge on any atom is 0.289 e. The minimum absolute atomic E-state index is 0.182. The second-order valence-corrected chi connectivity index (χ2v) is 5.84. The molecule has 1 amide bonds. The van der Waals surface area contributed by atoms with Gasteiger partial charge in [0.15, 0.2) is 0 Å². The molecule has 1 N–H and O–H groups in total. The molecule has 2 aromatic rings. The number of aromatic nitrogens is 6. The second kappa shape index (κ2) is 8.00. The van der Waals surface area contributed by atoms with Crippen molar-refractivity contribution in [2.24, 2.45) is 0 Å². The summed E-state index contributed by atoms with van der Waals surface area (Å²) in [6.45, 7) is 2.59. The van der Waals surface area contributed by atoms with Gasteiger partial charge in [-0.25, -0.2) is 0 Å². The van der Waals surface area contributed by atoms with Crippen LogP contribution in [-0.2, 0) is 30.7 Å². The zero-order valence-electron chi connectivity index (χ0n) is 13.9. The molecular weight excluding hydrogens is 310 g/mol. The van der Waals surface area contributed by atoms with Crippen LogP contribution in [0.2, 0.25) is 0 Å². The Labute approximate surface area is 140 Å². The molecule has 0 spiro atoms. The molecule has 1 aliphatic rings. The summed E-state index contributed by atoms with van der Waals surface area (Å²) in [6.07, 6.45) is 6.51. The van der Waals surface area contributed by atoms with E-state index in [1.165, 1.54) is 6.42 Å². The van der Waals surface area contributed by atoms with Crippen LogP contribution >= 0.6 is 0 Å². The third-order valence-corrected chi connectivity index (χ3v) is 4.18. The average Bonchev–Trinajstić information content (AvgIpc) is 3.13. The minimum atomic E-state index is -0.182. The highest BCUT2D eigenvalue weighted by molar-refractivity contribution is 5.90. The van der Waals surface area contributed by atoms with Gasteiger partial charge >= 0.3 is 0 Å². The molecule has 0 saturated carbocycles. The summed E-state index contributed by atoms with van der Waals surface area (Å²) in [5.74, 6) is 1.97. The van der Waals surface area contributed by atoms with Crippen molar-refractivity contribution in [2.75, 3.05) is 20.3 Å². The van der Waals surface area contributed by atoms with E-state index < -0.39 is 0 Å². The van der Waals surface area contributed by atoms with Crippen LogP contribution < -0.4 is 5.32 Å². The molecular formula is C15H23N7O2. The monoisotopic (exact) mass is 333 g/mol. The first kappa shape index (κ1) is 16.6. The lowest BCUT2D eigenvalue weighted by molar-refractivity contribution is 0.0938. The fourth-order valence-corrected chi connectivity index (χ4v) is 2.87. The summed E-state index contributed by atoms with van der Waals surface area (Å²) in [7, 11) is 1.66. The molecule has 3 rings (SSSR count). The lowest BCUT2D eigenvalue weighted by atomic mass is 10.2. The summed E-state index contributed by atoms with van der Waals surface area (Å²) >= 11 is 0.